The Balaban J connectivity index is 1.40. The Hall–Kier alpha value is -2.61. The van der Waals surface area contributed by atoms with Gasteiger partial charge < -0.3 is 20.7 Å². The van der Waals surface area contributed by atoms with Crippen LogP contribution in [0.4, 0.5) is 0 Å². The Morgan fingerprint density at radius 1 is 1.36 bits per heavy atom. The highest BCUT2D eigenvalue weighted by Crippen LogP contribution is 2.18. The third-order valence-electron chi connectivity index (χ3n) is 4.23. The molecule has 8 heteroatoms. The molecule has 1 aromatic carbocycles. The van der Waals surface area contributed by atoms with Gasteiger partial charge in [0, 0.05) is 38.0 Å². The molecule has 0 saturated heterocycles. The molecule has 0 radical (unpaired) electrons. The third kappa shape index (κ3) is 6.84. The minimum absolute atomic E-state index is 0.0483. The molecule has 3 rings (SSSR count). The first-order chi connectivity index (χ1) is 13.6. The smallest absolute Gasteiger partial charge is 0.258 e. The van der Waals surface area contributed by atoms with Crippen molar-refractivity contribution in [3.8, 4) is 5.75 Å². The first-order valence-electron chi connectivity index (χ1n) is 9.49. The average molecular weight is 402 g/mol. The molecular weight excluding hydrogens is 374 g/mol. The summed E-state index contributed by atoms with van der Waals surface area (Å²) in [5.41, 5.74) is 2.15. The number of thiazole rings is 1. The highest BCUT2D eigenvalue weighted by atomic mass is 32.1. The average Bonchev–Trinajstić information content (AvgIpc) is 3.41. The number of carbonyl (C=O) groups excluding carboxylic acids is 1. The maximum absolute atomic E-state index is 11.7. The lowest BCUT2D eigenvalue weighted by atomic mass is 10.2. The monoisotopic (exact) mass is 401 g/mol. The molecule has 1 saturated carbocycles. The summed E-state index contributed by atoms with van der Waals surface area (Å²) in [5, 5.41) is 12.7. The van der Waals surface area contributed by atoms with Gasteiger partial charge in [-0.1, -0.05) is 12.1 Å². The van der Waals surface area contributed by atoms with Gasteiger partial charge in [0.15, 0.2) is 12.6 Å². The second kappa shape index (κ2) is 10.1. The van der Waals surface area contributed by atoms with Crippen LogP contribution in [0.2, 0.25) is 0 Å². The predicted molar refractivity (Wildman–Crippen MR) is 112 cm³/mol. The van der Waals surface area contributed by atoms with Crippen molar-refractivity contribution in [1.82, 2.24) is 20.9 Å². The number of carbonyl (C=O) groups is 1. The highest BCUT2D eigenvalue weighted by molar-refractivity contribution is 7.09. The Labute approximate surface area is 169 Å². The summed E-state index contributed by atoms with van der Waals surface area (Å²) in [6.45, 7) is 3.44. The van der Waals surface area contributed by atoms with Gasteiger partial charge in [-0.15, -0.1) is 11.3 Å². The van der Waals surface area contributed by atoms with Crippen molar-refractivity contribution < 1.29 is 9.53 Å². The van der Waals surface area contributed by atoms with Crippen LogP contribution in [-0.2, 0) is 17.8 Å². The molecule has 28 heavy (non-hydrogen) atoms. The number of nitrogens with zero attached hydrogens (tertiary/aromatic N) is 2. The summed E-state index contributed by atoms with van der Waals surface area (Å²) < 4.78 is 5.59. The van der Waals surface area contributed by atoms with Crippen molar-refractivity contribution in [2.24, 2.45) is 4.99 Å². The summed E-state index contributed by atoms with van der Waals surface area (Å²) in [4.78, 5) is 20.4. The molecular formula is C20H27N5O2S. The largest absolute Gasteiger partial charge is 0.484 e. The van der Waals surface area contributed by atoms with E-state index < -0.39 is 0 Å². The van der Waals surface area contributed by atoms with Crippen LogP contribution in [-0.4, -0.2) is 43.1 Å². The van der Waals surface area contributed by atoms with Crippen molar-refractivity contribution >= 4 is 23.2 Å². The van der Waals surface area contributed by atoms with E-state index >= 15 is 0 Å². The molecule has 0 unspecified atom stereocenters. The normalized spacial score (nSPS) is 13.9. The van der Waals surface area contributed by atoms with Crippen LogP contribution in [0.3, 0.4) is 0 Å². The van der Waals surface area contributed by atoms with Crippen LogP contribution in [0.15, 0.2) is 34.6 Å². The lowest BCUT2D eigenvalue weighted by molar-refractivity contribution is -0.123. The summed E-state index contributed by atoms with van der Waals surface area (Å²) in [6, 6.07) is 8.08. The number of hydrogen-bond donors (Lipinski definition) is 3. The first-order valence-corrected chi connectivity index (χ1v) is 10.4. The van der Waals surface area contributed by atoms with E-state index in [0.717, 1.165) is 48.0 Å². The number of nitrogens with one attached hydrogen (secondary N) is 3. The van der Waals surface area contributed by atoms with E-state index in [-0.39, 0.29) is 12.5 Å². The van der Waals surface area contributed by atoms with Gasteiger partial charge in [0.1, 0.15) is 5.75 Å². The fourth-order valence-electron chi connectivity index (χ4n) is 2.63. The number of hydrogen-bond acceptors (Lipinski definition) is 5. The van der Waals surface area contributed by atoms with Crippen molar-refractivity contribution in [3.05, 3.63) is 45.9 Å². The number of aryl methyl sites for hydroxylation is 1. The number of aromatic nitrogens is 1. The summed E-state index contributed by atoms with van der Waals surface area (Å²) in [7, 11) is 1.75. The summed E-state index contributed by atoms with van der Waals surface area (Å²) in [6.07, 6.45) is 3.01. The molecule has 1 aliphatic rings. The van der Waals surface area contributed by atoms with Crippen LogP contribution in [0.5, 0.6) is 5.75 Å². The first kappa shape index (κ1) is 20.1. The van der Waals surface area contributed by atoms with Gasteiger partial charge >= 0.3 is 0 Å². The maximum Gasteiger partial charge on any atom is 0.258 e. The molecule has 3 N–H and O–H groups in total. The Bertz CT molecular complexity index is 816. The van der Waals surface area contributed by atoms with Crippen LogP contribution >= 0.6 is 11.3 Å². The minimum atomic E-state index is -0.0639. The number of aliphatic imine (C=N–C) groups is 1. The van der Waals surface area contributed by atoms with Crippen LogP contribution in [0, 0.1) is 6.92 Å². The zero-order valence-corrected chi connectivity index (χ0v) is 17.1. The van der Waals surface area contributed by atoms with Crippen molar-refractivity contribution in [2.75, 3.05) is 20.2 Å². The van der Waals surface area contributed by atoms with Crippen LogP contribution < -0.4 is 20.7 Å². The van der Waals surface area contributed by atoms with E-state index in [2.05, 4.69) is 31.3 Å². The Morgan fingerprint density at radius 3 is 2.93 bits per heavy atom. The lowest BCUT2D eigenvalue weighted by Crippen LogP contribution is -2.37. The van der Waals surface area contributed by atoms with Crippen LogP contribution in [0.25, 0.3) is 0 Å². The van der Waals surface area contributed by atoms with Gasteiger partial charge in [-0.05, 0) is 37.5 Å². The van der Waals surface area contributed by atoms with Gasteiger partial charge in [0.05, 0.1) is 10.7 Å². The van der Waals surface area contributed by atoms with Crippen LogP contribution in [0.1, 0.15) is 29.1 Å². The third-order valence-corrected chi connectivity index (χ3v) is 5.06. The van der Waals surface area contributed by atoms with E-state index in [1.807, 2.05) is 31.2 Å². The zero-order valence-electron chi connectivity index (χ0n) is 16.3. The quantitative estimate of drug-likeness (QED) is 0.442. The Morgan fingerprint density at radius 2 is 2.21 bits per heavy atom. The molecule has 1 fully saturated rings. The minimum Gasteiger partial charge on any atom is -0.484 e. The Kier molecular flexibility index (Phi) is 7.25. The highest BCUT2D eigenvalue weighted by Gasteiger charge is 2.23. The fraction of sp³-hybridized carbons (Fsp3) is 0.450. The second-order valence-corrected chi connectivity index (χ2v) is 7.80. The molecule has 0 atom stereocenters. The van der Waals surface area contributed by atoms with E-state index in [1.165, 1.54) is 0 Å². The van der Waals surface area contributed by atoms with Crippen molar-refractivity contribution in [3.63, 3.8) is 0 Å². The van der Waals surface area contributed by atoms with Gasteiger partial charge in [-0.25, -0.2) is 4.98 Å². The topological polar surface area (TPSA) is 87.6 Å². The molecule has 1 aliphatic carbocycles. The summed E-state index contributed by atoms with van der Waals surface area (Å²) in [5.74, 6) is 1.36. The molecule has 7 nitrogen and oxygen atoms in total. The molecule has 150 valence electrons. The van der Waals surface area contributed by atoms with Gasteiger partial charge in [-0.2, -0.15) is 0 Å². The zero-order chi connectivity index (χ0) is 19.8. The van der Waals surface area contributed by atoms with Gasteiger partial charge in [-0.3, -0.25) is 9.79 Å². The number of rotatable bonds is 9. The maximum atomic E-state index is 11.7. The molecule has 0 spiro atoms. The number of benzene rings is 1. The van der Waals surface area contributed by atoms with E-state index in [4.69, 9.17) is 4.74 Å². The molecule has 1 heterocycles. The van der Waals surface area contributed by atoms with Gasteiger partial charge in [0.25, 0.3) is 5.91 Å². The molecule has 0 aliphatic heterocycles. The molecule has 1 aromatic heterocycles. The number of ether oxygens (including phenoxy) is 1. The molecule has 0 bridgehead atoms. The standard InChI is InChI=1S/C20H27N5O2S/c1-14-24-17(13-28-14)8-9-22-20(21-2)23-11-15-4-3-5-18(10-15)27-12-19(26)25-16-6-7-16/h3-5,10,13,16H,6-9,11-12H2,1-2H3,(H,25,26)(H2,21,22,23). The van der Waals surface area contributed by atoms with E-state index in [9.17, 15) is 4.79 Å². The van der Waals surface area contributed by atoms with Crippen molar-refractivity contribution in [2.45, 2.75) is 38.8 Å². The number of guanidine groups is 1. The van der Waals surface area contributed by atoms with E-state index in [1.54, 1.807) is 18.4 Å². The summed E-state index contributed by atoms with van der Waals surface area (Å²) >= 11 is 1.67. The van der Waals surface area contributed by atoms with E-state index in [0.29, 0.717) is 18.3 Å². The SMILES string of the molecule is CN=C(NCCc1csc(C)n1)NCc1cccc(OCC(=O)NC2CC2)c1. The predicted octanol–water partition coefficient (Wildman–Crippen LogP) is 2.02. The molecule has 2 aromatic rings. The number of amides is 1. The van der Waals surface area contributed by atoms with Gasteiger partial charge in [0.2, 0.25) is 0 Å². The second-order valence-electron chi connectivity index (χ2n) is 6.74. The lowest BCUT2D eigenvalue weighted by Gasteiger charge is -2.12. The van der Waals surface area contributed by atoms with Crippen molar-refractivity contribution in [1.29, 1.82) is 0 Å². The molecule has 1 amide bonds. The fourth-order valence-corrected chi connectivity index (χ4v) is 3.28.